The van der Waals surface area contributed by atoms with Crippen LogP contribution >= 0.6 is 0 Å². The quantitative estimate of drug-likeness (QED) is 0.201. The van der Waals surface area contributed by atoms with Crippen molar-refractivity contribution in [2.75, 3.05) is 32.8 Å². The monoisotopic (exact) mass is 347 g/mol. The number of Topliss-reactive ketones (excluding diaryl/α,β-unsaturated/α-hetero) is 1. The predicted octanol–water partition coefficient (Wildman–Crippen LogP) is 2.62. The van der Waals surface area contributed by atoms with Crippen LogP contribution in [0.25, 0.3) is 0 Å². The number of carbonyl (C=O) groups is 1. The Kier molecular flexibility index (Phi) is 16.9. The zero-order valence-corrected chi connectivity index (χ0v) is 15.3. The first kappa shape index (κ1) is 23.5. The average Bonchev–Trinajstić information content (AvgIpc) is 2.54. The molecule has 0 aliphatic carbocycles. The Morgan fingerprint density at radius 3 is 2.29 bits per heavy atom. The number of hydrogen-bond acceptors (Lipinski definition) is 6. The Bertz CT molecular complexity index is 289. The van der Waals surface area contributed by atoms with Crippen molar-refractivity contribution in [2.24, 2.45) is 0 Å². The second kappa shape index (κ2) is 17.3. The standard InChI is InChI=1S/C18H37NO5/c1-17(21)10-4-2-6-12-19(13-7-8-14-20)16-18(22)11-5-3-9-15-24-23/h18,20,22-23H,2-16H2,1H3. The van der Waals surface area contributed by atoms with Gasteiger partial charge in [0.15, 0.2) is 0 Å². The van der Waals surface area contributed by atoms with Gasteiger partial charge in [0, 0.05) is 19.6 Å². The van der Waals surface area contributed by atoms with Gasteiger partial charge >= 0.3 is 0 Å². The van der Waals surface area contributed by atoms with Crippen LogP contribution in [-0.2, 0) is 9.68 Å². The van der Waals surface area contributed by atoms with Gasteiger partial charge in [-0.05, 0) is 58.5 Å². The summed E-state index contributed by atoms with van der Waals surface area (Å²) in [5.74, 6) is 0.247. The number of aliphatic hydroxyl groups excluding tert-OH is 2. The van der Waals surface area contributed by atoms with Crippen LogP contribution in [0.3, 0.4) is 0 Å². The van der Waals surface area contributed by atoms with Crippen LogP contribution in [0.15, 0.2) is 0 Å². The van der Waals surface area contributed by atoms with Crippen molar-refractivity contribution in [2.45, 2.75) is 77.2 Å². The zero-order valence-electron chi connectivity index (χ0n) is 15.3. The van der Waals surface area contributed by atoms with Gasteiger partial charge in [0.05, 0.1) is 12.7 Å². The maximum Gasteiger partial charge on any atom is 0.129 e. The molecule has 0 amide bonds. The molecular formula is C18H37NO5. The first-order chi connectivity index (χ1) is 11.6. The Balaban J connectivity index is 3.93. The molecule has 0 aromatic carbocycles. The molecule has 0 aliphatic rings. The highest BCUT2D eigenvalue weighted by molar-refractivity contribution is 5.75. The molecule has 0 spiro atoms. The molecule has 0 saturated carbocycles. The summed E-state index contributed by atoms with van der Waals surface area (Å²) < 4.78 is 0. The minimum absolute atomic E-state index is 0.210. The molecule has 6 nitrogen and oxygen atoms in total. The summed E-state index contributed by atoms with van der Waals surface area (Å²) in [6.45, 7) is 4.67. The van der Waals surface area contributed by atoms with Crippen LogP contribution in [0.1, 0.15) is 71.1 Å². The van der Waals surface area contributed by atoms with Crippen molar-refractivity contribution in [1.82, 2.24) is 4.90 Å². The lowest BCUT2D eigenvalue weighted by molar-refractivity contribution is -0.242. The van der Waals surface area contributed by atoms with Gasteiger partial charge in [-0.3, -0.25) is 5.26 Å². The van der Waals surface area contributed by atoms with Crippen molar-refractivity contribution in [3.8, 4) is 0 Å². The van der Waals surface area contributed by atoms with Crippen molar-refractivity contribution in [1.29, 1.82) is 0 Å². The van der Waals surface area contributed by atoms with E-state index in [-0.39, 0.29) is 18.5 Å². The van der Waals surface area contributed by atoms with Gasteiger partial charge in [-0.25, -0.2) is 4.89 Å². The first-order valence-corrected chi connectivity index (χ1v) is 9.37. The van der Waals surface area contributed by atoms with E-state index in [0.29, 0.717) is 19.6 Å². The molecule has 0 aliphatic heterocycles. The van der Waals surface area contributed by atoms with E-state index in [9.17, 15) is 9.90 Å². The fourth-order valence-electron chi connectivity index (χ4n) is 2.74. The van der Waals surface area contributed by atoms with Crippen LogP contribution in [-0.4, -0.2) is 65.1 Å². The molecule has 0 radical (unpaired) electrons. The summed E-state index contributed by atoms with van der Waals surface area (Å²) in [5.41, 5.74) is 0. The van der Waals surface area contributed by atoms with Gasteiger partial charge in [0.1, 0.15) is 5.78 Å². The fraction of sp³-hybridized carbons (Fsp3) is 0.944. The van der Waals surface area contributed by atoms with E-state index in [1.54, 1.807) is 6.92 Å². The molecular weight excluding hydrogens is 310 g/mol. The van der Waals surface area contributed by atoms with Crippen molar-refractivity contribution >= 4 is 5.78 Å². The molecule has 6 heteroatoms. The van der Waals surface area contributed by atoms with E-state index in [4.69, 9.17) is 10.4 Å². The van der Waals surface area contributed by atoms with Gasteiger partial charge in [-0.2, -0.15) is 0 Å². The van der Waals surface area contributed by atoms with Crippen LogP contribution in [0.5, 0.6) is 0 Å². The van der Waals surface area contributed by atoms with Crippen molar-refractivity contribution < 1.29 is 25.2 Å². The summed E-state index contributed by atoms with van der Waals surface area (Å²) in [7, 11) is 0. The normalized spacial score (nSPS) is 12.7. The van der Waals surface area contributed by atoms with Gasteiger partial charge in [-0.15, -0.1) is 0 Å². The number of ketones is 1. The van der Waals surface area contributed by atoms with Gasteiger partial charge in [-0.1, -0.05) is 19.3 Å². The summed E-state index contributed by atoms with van der Waals surface area (Å²) in [6.07, 6.45) is 8.47. The third-order valence-electron chi connectivity index (χ3n) is 4.13. The van der Waals surface area contributed by atoms with E-state index in [1.807, 2.05) is 0 Å². The third kappa shape index (κ3) is 16.3. The Labute approximate surface area is 146 Å². The van der Waals surface area contributed by atoms with Crippen LogP contribution < -0.4 is 0 Å². The van der Waals surface area contributed by atoms with Crippen molar-refractivity contribution in [3.63, 3.8) is 0 Å². The fourth-order valence-corrected chi connectivity index (χ4v) is 2.74. The Hall–Kier alpha value is -0.530. The Morgan fingerprint density at radius 1 is 1.00 bits per heavy atom. The van der Waals surface area contributed by atoms with E-state index < -0.39 is 0 Å². The molecule has 0 rings (SSSR count). The molecule has 144 valence electrons. The lowest BCUT2D eigenvalue weighted by Crippen LogP contribution is -2.34. The van der Waals surface area contributed by atoms with Crippen LogP contribution in [0.2, 0.25) is 0 Å². The van der Waals surface area contributed by atoms with E-state index in [1.165, 1.54) is 0 Å². The smallest absolute Gasteiger partial charge is 0.129 e. The highest BCUT2D eigenvalue weighted by atomic mass is 17.1. The summed E-state index contributed by atoms with van der Waals surface area (Å²) >= 11 is 0. The summed E-state index contributed by atoms with van der Waals surface area (Å²) in [5, 5.41) is 27.4. The molecule has 24 heavy (non-hydrogen) atoms. The number of nitrogens with zero attached hydrogens (tertiary/aromatic N) is 1. The summed E-state index contributed by atoms with van der Waals surface area (Å²) in [6, 6.07) is 0. The molecule has 0 bridgehead atoms. The lowest BCUT2D eigenvalue weighted by Gasteiger charge is -2.25. The molecule has 0 fully saturated rings. The highest BCUT2D eigenvalue weighted by Gasteiger charge is 2.11. The molecule has 0 aromatic rings. The third-order valence-corrected chi connectivity index (χ3v) is 4.13. The lowest BCUT2D eigenvalue weighted by atomic mass is 10.1. The van der Waals surface area contributed by atoms with Crippen molar-refractivity contribution in [3.05, 3.63) is 0 Å². The predicted molar refractivity (Wildman–Crippen MR) is 95.0 cm³/mol. The second-order valence-electron chi connectivity index (χ2n) is 6.58. The number of unbranched alkanes of at least 4 members (excludes halogenated alkanes) is 5. The number of aliphatic hydroxyl groups is 2. The molecule has 1 atom stereocenters. The molecule has 0 saturated heterocycles. The number of hydrogen-bond donors (Lipinski definition) is 3. The van der Waals surface area contributed by atoms with Gasteiger partial charge in [0.25, 0.3) is 0 Å². The average molecular weight is 347 g/mol. The second-order valence-corrected chi connectivity index (χ2v) is 6.58. The molecule has 0 aromatic heterocycles. The minimum Gasteiger partial charge on any atom is -0.396 e. The zero-order chi connectivity index (χ0) is 18.0. The molecule has 1 unspecified atom stereocenters. The van der Waals surface area contributed by atoms with E-state index >= 15 is 0 Å². The highest BCUT2D eigenvalue weighted by Crippen LogP contribution is 2.09. The van der Waals surface area contributed by atoms with Crippen LogP contribution in [0, 0.1) is 0 Å². The minimum atomic E-state index is -0.341. The van der Waals surface area contributed by atoms with Gasteiger partial charge in [0.2, 0.25) is 0 Å². The maximum atomic E-state index is 10.9. The molecule has 3 N–H and O–H groups in total. The number of carbonyl (C=O) groups excluding carboxylic acids is 1. The SMILES string of the molecule is CC(=O)CCCCCN(CCCCO)CC(O)CCCCCOO. The Morgan fingerprint density at radius 2 is 1.67 bits per heavy atom. The van der Waals surface area contributed by atoms with Crippen LogP contribution in [0.4, 0.5) is 0 Å². The maximum absolute atomic E-state index is 10.9. The summed E-state index contributed by atoms with van der Waals surface area (Å²) in [4.78, 5) is 17.2. The number of rotatable bonds is 18. The first-order valence-electron chi connectivity index (χ1n) is 9.37. The largest absolute Gasteiger partial charge is 0.396 e. The van der Waals surface area contributed by atoms with E-state index in [2.05, 4.69) is 9.79 Å². The topological polar surface area (TPSA) is 90.2 Å². The molecule has 0 heterocycles. The van der Waals surface area contributed by atoms with E-state index in [0.717, 1.165) is 70.9 Å². The van der Waals surface area contributed by atoms with Gasteiger partial charge < -0.3 is 19.9 Å².